The van der Waals surface area contributed by atoms with E-state index in [4.69, 9.17) is 16.3 Å². The fraction of sp³-hybridized carbons (Fsp3) is 0.143. The molecule has 2 rings (SSSR count). The van der Waals surface area contributed by atoms with Gasteiger partial charge in [0.1, 0.15) is 5.75 Å². The lowest BCUT2D eigenvalue weighted by atomic mass is 10.1. The van der Waals surface area contributed by atoms with E-state index in [2.05, 4.69) is 28.1 Å². The van der Waals surface area contributed by atoms with E-state index >= 15 is 0 Å². The summed E-state index contributed by atoms with van der Waals surface area (Å²) < 4.78 is 6.13. The summed E-state index contributed by atoms with van der Waals surface area (Å²) >= 11 is 9.58. The highest BCUT2D eigenvalue weighted by atomic mass is 79.9. The lowest BCUT2D eigenvalue weighted by Crippen LogP contribution is -1.90. The quantitative estimate of drug-likeness (QED) is 0.691. The van der Waals surface area contributed by atoms with Gasteiger partial charge in [0.15, 0.2) is 0 Å². The van der Waals surface area contributed by atoms with Crippen LogP contribution in [0.5, 0.6) is 5.75 Å². The predicted octanol–water partition coefficient (Wildman–Crippen LogP) is 5.28. The third-order valence-electron chi connectivity index (χ3n) is 2.57. The Bertz CT molecular complexity index is 512. The maximum absolute atomic E-state index is 6.18. The Balaban J connectivity index is 0.00000162. The van der Waals surface area contributed by atoms with Crippen LogP contribution in [0, 0.1) is 0 Å². The molecule has 0 amide bonds. The molecule has 0 unspecified atom stereocenters. The molecule has 0 aliphatic heterocycles. The number of methoxy groups -OCH3 is 1. The van der Waals surface area contributed by atoms with Crippen molar-refractivity contribution in [2.75, 3.05) is 7.11 Å². The van der Waals surface area contributed by atoms with E-state index in [1.54, 1.807) is 7.11 Å². The first-order valence-electron chi connectivity index (χ1n) is 5.26. The van der Waals surface area contributed by atoms with E-state index in [9.17, 15) is 0 Å². The summed E-state index contributed by atoms with van der Waals surface area (Å²) in [7, 11) is 1.67. The third-order valence-corrected chi connectivity index (χ3v) is 3.41. The molecule has 0 atom stereocenters. The Kier molecular flexibility index (Phi) is 6.19. The maximum atomic E-state index is 6.18. The van der Waals surface area contributed by atoms with Gasteiger partial charge in [-0.05, 0) is 41.8 Å². The largest absolute Gasteiger partial charge is 0.497 e. The van der Waals surface area contributed by atoms with Crippen molar-refractivity contribution in [1.29, 1.82) is 0 Å². The molecule has 4 heteroatoms. The van der Waals surface area contributed by atoms with E-state index < -0.39 is 0 Å². The molecule has 96 valence electrons. The molecular formula is C14H13Br2ClO. The molecule has 0 radical (unpaired) electrons. The van der Waals surface area contributed by atoms with Gasteiger partial charge in [-0.15, -0.1) is 17.0 Å². The van der Waals surface area contributed by atoms with Crippen molar-refractivity contribution in [3.8, 4) is 5.75 Å². The predicted molar refractivity (Wildman–Crippen MR) is 85.3 cm³/mol. The minimum absolute atomic E-state index is 0. The van der Waals surface area contributed by atoms with Crippen LogP contribution in [0.3, 0.4) is 0 Å². The van der Waals surface area contributed by atoms with Crippen LogP contribution < -0.4 is 4.74 Å². The van der Waals surface area contributed by atoms with Gasteiger partial charge in [-0.2, -0.15) is 0 Å². The van der Waals surface area contributed by atoms with E-state index in [0.717, 1.165) is 27.2 Å². The van der Waals surface area contributed by atoms with Crippen molar-refractivity contribution in [1.82, 2.24) is 0 Å². The zero-order chi connectivity index (χ0) is 12.3. The Morgan fingerprint density at radius 2 is 1.78 bits per heavy atom. The molecule has 0 saturated heterocycles. The standard InChI is InChI=1S/C14H12BrClO.BrH/c1-17-13-6-2-10(3-7-13)8-11-4-5-12(15)9-14(11)16;/h2-7,9H,8H2,1H3;1H. The van der Waals surface area contributed by atoms with Crippen molar-refractivity contribution >= 4 is 44.5 Å². The second-order valence-electron chi connectivity index (χ2n) is 3.76. The van der Waals surface area contributed by atoms with Gasteiger partial charge in [0.05, 0.1) is 7.11 Å². The van der Waals surface area contributed by atoms with Crippen LogP contribution in [-0.4, -0.2) is 7.11 Å². The first kappa shape index (κ1) is 15.5. The number of rotatable bonds is 3. The molecule has 2 aromatic carbocycles. The van der Waals surface area contributed by atoms with E-state index in [0.29, 0.717) is 0 Å². The van der Waals surface area contributed by atoms with Crippen LogP contribution in [0.4, 0.5) is 0 Å². The van der Waals surface area contributed by atoms with Crippen LogP contribution in [-0.2, 0) is 6.42 Å². The van der Waals surface area contributed by atoms with Gasteiger partial charge >= 0.3 is 0 Å². The number of ether oxygens (including phenoxy) is 1. The minimum Gasteiger partial charge on any atom is -0.497 e. The lowest BCUT2D eigenvalue weighted by Gasteiger charge is -2.06. The van der Waals surface area contributed by atoms with Crippen molar-refractivity contribution in [2.45, 2.75) is 6.42 Å². The van der Waals surface area contributed by atoms with Crippen LogP contribution in [0.15, 0.2) is 46.9 Å². The highest BCUT2D eigenvalue weighted by molar-refractivity contribution is 9.10. The molecule has 0 aliphatic carbocycles. The normalized spacial score (nSPS) is 9.72. The number of halogens is 3. The molecular weight excluding hydrogens is 379 g/mol. The Morgan fingerprint density at radius 1 is 1.11 bits per heavy atom. The van der Waals surface area contributed by atoms with Gasteiger partial charge in [0.2, 0.25) is 0 Å². The first-order valence-corrected chi connectivity index (χ1v) is 6.43. The van der Waals surface area contributed by atoms with Crippen molar-refractivity contribution < 1.29 is 4.74 Å². The number of hydrogen-bond acceptors (Lipinski definition) is 1. The zero-order valence-electron chi connectivity index (χ0n) is 9.82. The SMILES string of the molecule is Br.COc1ccc(Cc2ccc(Br)cc2Cl)cc1. The molecule has 2 aromatic rings. The van der Waals surface area contributed by atoms with Crippen LogP contribution >= 0.6 is 44.5 Å². The number of benzene rings is 2. The molecule has 0 bridgehead atoms. The summed E-state index contributed by atoms with van der Waals surface area (Å²) in [5.74, 6) is 0.871. The number of hydrogen-bond donors (Lipinski definition) is 0. The highest BCUT2D eigenvalue weighted by Crippen LogP contribution is 2.24. The van der Waals surface area contributed by atoms with Gasteiger partial charge in [0, 0.05) is 9.50 Å². The molecule has 0 fully saturated rings. The summed E-state index contributed by atoms with van der Waals surface area (Å²) in [6.07, 6.45) is 0.829. The van der Waals surface area contributed by atoms with E-state index in [1.807, 2.05) is 30.3 Å². The second-order valence-corrected chi connectivity index (χ2v) is 5.08. The van der Waals surface area contributed by atoms with Crippen molar-refractivity contribution in [3.63, 3.8) is 0 Å². The maximum Gasteiger partial charge on any atom is 0.118 e. The minimum atomic E-state index is 0. The summed E-state index contributed by atoms with van der Waals surface area (Å²) in [6, 6.07) is 14.0. The third kappa shape index (κ3) is 4.01. The Labute approximate surface area is 131 Å². The average molecular weight is 393 g/mol. The second kappa shape index (κ2) is 7.17. The molecule has 0 N–H and O–H groups in total. The van der Waals surface area contributed by atoms with Crippen LogP contribution in [0.2, 0.25) is 5.02 Å². The highest BCUT2D eigenvalue weighted by Gasteiger charge is 2.02. The smallest absolute Gasteiger partial charge is 0.118 e. The molecule has 0 saturated carbocycles. The first-order chi connectivity index (χ1) is 8.19. The molecule has 18 heavy (non-hydrogen) atoms. The van der Waals surface area contributed by atoms with Crippen molar-refractivity contribution in [2.24, 2.45) is 0 Å². The Hall–Kier alpha value is -0.510. The molecule has 0 heterocycles. The van der Waals surface area contributed by atoms with Gasteiger partial charge in [0.25, 0.3) is 0 Å². The summed E-state index contributed by atoms with van der Waals surface area (Å²) in [5, 5.41) is 0.787. The van der Waals surface area contributed by atoms with Crippen LogP contribution in [0.1, 0.15) is 11.1 Å². The Morgan fingerprint density at radius 3 is 2.33 bits per heavy atom. The van der Waals surface area contributed by atoms with Gasteiger partial charge < -0.3 is 4.74 Å². The van der Waals surface area contributed by atoms with E-state index in [-0.39, 0.29) is 17.0 Å². The fourth-order valence-electron chi connectivity index (χ4n) is 1.63. The molecule has 0 spiro atoms. The fourth-order valence-corrected chi connectivity index (χ4v) is 2.37. The van der Waals surface area contributed by atoms with Crippen molar-refractivity contribution in [3.05, 3.63) is 63.1 Å². The molecule has 1 nitrogen and oxygen atoms in total. The van der Waals surface area contributed by atoms with Gasteiger partial charge in [-0.1, -0.05) is 45.7 Å². The summed E-state index contributed by atoms with van der Waals surface area (Å²) in [6.45, 7) is 0. The lowest BCUT2D eigenvalue weighted by molar-refractivity contribution is 0.414. The topological polar surface area (TPSA) is 9.23 Å². The summed E-state index contributed by atoms with van der Waals surface area (Å²) in [5.41, 5.74) is 2.34. The van der Waals surface area contributed by atoms with E-state index in [1.165, 1.54) is 5.56 Å². The zero-order valence-corrected chi connectivity index (χ0v) is 13.9. The monoisotopic (exact) mass is 390 g/mol. The molecule has 0 aliphatic rings. The summed E-state index contributed by atoms with van der Waals surface area (Å²) in [4.78, 5) is 0. The average Bonchev–Trinajstić information content (AvgIpc) is 2.34. The molecule has 0 aromatic heterocycles. The van der Waals surface area contributed by atoms with Gasteiger partial charge in [-0.25, -0.2) is 0 Å². The van der Waals surface area contributed by atoms with Crippen LogP contribution in [0.25, 0.3) is 0 Å². The van der Waals surface area contributed by atoms with Gasteiger partial charge in [-0.3, -0.25) is 0 Å².